The van der Waals surface area contributed by atoms with Gasteiger partial charge in [-0.05, 0) is 32.0 Å². The van der Waals surface area contributed by atoms with Crippen molar-refractivity contribution in [2.45, 2.75) is 13.8 Å². The van der Waals surface area contributed by atoms with Crippen LogP contribution in [0.1, 0.15) is 24.3 Å². The van der Waals surface area contributed by atoms with Gasteiger partial charge in [-0.15, -0.1) is 11.3 Å². The van der Waals surface area contributed by atoms with Crippen LogP contribution in [0.3, 0.4) is 0 Å². The number of thiazole rings is 1. The lowest BCUT2D eigenvalue weighted by Gasteiger charge is -2.18. The highest BCUT2D eigenvalue weighted by atomic mass is 32.1. The number of carboxylic acid groups (broad SMARTS) is 1. The Kier molecular flexibility index (Phi) is 4.15. The molecule has 1 aliphatic heterocycles. The van der Waals surface area contributed by atoms with Crippen LogP contribution in [0.15, 0.2) is 23.6 Å². The molecule has 2 N–H and O–H groups in total. The number of aromatic nitrogens is 1. The molecule has 0 atom stereocenters. The molecule has 8 heteroatoms. The maximum Gasteiger partial charge on any atom is 0.310 e. The van der Waals surface area contributed by atoms with E-state index in [9.17, 15) is 9.59 Å². The third-order valence-electron chi connectivity index (χ3n) is 3.63. The first-order valence-electron chi connectivity index (χ1n) is 7.24. The Morgan fingerprint density at radius 1 is 1.33 bits per heavy atom. The van der Waals surface area contributed by atoms with Crippen LogP contribution in [0.4, 0.5) is 0 Å². The minimum Gasteiger partial charge on any atom is -0.481 e. The van der Waals surface area contributed by atoms with Gasteiger partial charge >= 0.3 is 5.97 Å². The smallest absolute Gasteiger partial charge is 0.310 e. The minimum atomic E-state index is -1.04. The van der Waals surface area contributed by atoms with Crippen LogP contribution in [0, 0.1) is 5.41 Å². The molecule has 3 rings (SSSR count). The summed E-state index contributed by atoms with van der Waals surface area (Å²) in [5.41, 5.74) is 0.0503. The number of hydrogen-bond donors (Lipinski definition) is 2. The van der Waals surface area contributed by atoms with Crippen molar-refractivity contribution in [1.29, 1.82) is 0 Å². The van der Waals surface area contributed by atoms with Crippen molar-refractivity contribution in [3.63, 3.8) is 0 Å². The van der Waals surface area contributed by atoms with Gasteiger partial charge < -0.3 is 19.9 Å². The summed E-state index contributed by atoms with van der Waals surface area (Å²) in [7, 11) is 0. The van der Waals surface area contributed by atoms with E-state index in [0.717, 1.165) is 5.56 Å². The van der Waals surface area contributed by atoms with Crippen molar-refractivity contribution in [3.8, 4) is 22.1 Å². The van der Waals surface area contributed by atoms with Gasteiger partial charge in [-0.3, -0.25) is 9.59 Å². The van der Waals surface area contributed by atoms with Gasteiger partial charge in [-0.1, -0.05) is 0 Å². The third-order valence-corrected chi connectivity index (χ3v) is 4.52. The topological polar surface area (TPSA) is 97.8 Å². The number of fused-ring (bicyclic) bond motifs is 1. The highest BCUT2D eigenvalue weighted by molar-refractivity contribution is 7.13. The van der Waals surface area contributed by atoms with Gasteiger partial charge in [0.25, 0.3) is 5.91 Å². The maximum atomic E-state index is 12.1. The molecular weight excluding hydrogens is 332 g/mol. The van der Waals surface area contributed by atoms with E-state index in [2.05, 4.69) is 10.3 Å². The third kappa shape index (κ3) is 3.18. The molecule has 2 aromatic rings. The first-order valence-corrected chi connectivity index (χ1v) is 8.12. The zero-order valence-corrected chi connectivity index (χ0v) is 14.0. The van der Waals surface area contributed by atoms with E-state index < -0.39 is 17.3 Å². The van der Waals surface area contributed by atoms with Crippen molar-refractivity contribution in [1.82, 2.24) is 10.3 Å². The molecule has 0 spiro atoms. The number of carbonyl (C=O) groups is 2. The summed E-state index contributed by atoms with van der Waals surface area (Å²) in [6.07, 6.45) is 0. The van der Waals surface area contributed by atoms with Crippen LogP contribution in [-0.4, -0.2) is 35.3 Å². The summed E-state index contributed by atoms with van der Waals surface area (Å²) < 4.78 is 10.6. The van der Waals surface area contributed by atoms with Crippen molar-refractivity contribution in [3.05, 3.63) is 29.3 Å². The Bertz CT molecular complexity index is 800. The summed E-state index contributed by atoms with van der Waals surface area (Å²) in [5.74, 6) is -0.0317. The van der Waals surface area contributed by atoms with Gasteiger partial charge in [0.2, 0.25) is 6.79 Å². The molecule has 0 fully saturated rings. The van der Waals surface area contributed by atoms with Gasteiger partial charge in [-0.25, -0.2) is 4.98 Å². The van der Waals surface area contributed by atoms with Crippen molar-refractivity contribution in [2.24, 2.45) is 5.41 Å². The molecule has 1 amide bonds. The highest BCUT2D eigenvalue weighted by Crippen LogP contribution is 2.36. The van der Waals surface area contributed by atoms with E-state index in [0.29, 0.717) is 16.5 Å². The van der Waals surface area contributed by atoms with E-state index in [4.69, 9.17) is 14.6 Å². The Labute approximate surface area is 142 Å². The Morgan fingerprint density at radius 2 is 2.08 bits per heavy atom. The predicted molar refractivity (Wildman–Crippen MR) is 87.4 cm³/mol. The monoisotopic (exact) mass is 348 g/mol. The van der Waals surface area contributed by atoms with Gasteiger partial charge in [0.05, 0.1) is 5.41 Å². The van der Waals surface area contributed by atoms with Crippen LogP contribution < -0.4 is 14.8 Å². The van der Waals surface area contributed by atoms with Crippen LogP contribution in [0.2, 0.25) is 0 Å². The molecule has 0 unspecified atom stereocenters. The van der Waals surface area contributed by atoms with Crippen molar-refractivity contribution >= 4 is 23.2 Å². The predicted octanol–water partition coefficient (Wildman–Crippen LogP) is 2.38. The average Bonchev–Trinajstić information content (AvgIpc) is 3.20. The first kappa shape index (κ1) is 16.3. The number of nitrogens with zero attached hydrogens (tertiary/aromatic N) is 1. The number of carbonyl (C=O) groups excluding carboxylic acids is 1. The summed E-state index contributed by atoms with van der Waals surface area (Å²) >= 11 is 1.33. The molecule has 24 heavy (non-hydrogen) atoms. The molecule has 1 aliphatic rings. The van der Waals surface area contributed by atoms with Crippen molar-refractivity contribution < 1.29 is 24.2 Å². The summed E-state index contributed by atoms with van der Waals surface area (Å²) in [6.45, 7) is 3.32. The number of ether oxygens (including phenoxy) is 2. The Hall–Kier alpha value is -2.61. The molecule has 126 valence electrons. The summed E-state index contributed by atoms with van der Waals surface area (Å²) in [5, 5.41) is 14.0. The molecule has 0 radical (unpaired) electrons. The summed E-state index contributed by atoms with van der Waals surface area (Å²) in [4.78, 5) is 27.5. The van der Waals surface area contributed by atoms with Gasteiger partial charge in [0.15, 0.2) is 11.5 Å². The maximum absolute atomic E-state index is 12.1. The van der Waals surface area contributed by atoms with Gasteiger partial charge in [0.1, 0.15) is 10.7 Å². The zero-order valence-electron chi connectivity index (χ0n) is 13.2. The van der Waals surface area contributed by atoms with E-state index in [-0.39, 0.29) is 19.0 Å². The van der Waals surface area contributed by atoms with Crippen LogP contribution in [-0.2, 0) is 4.79 Å². The quantitative estimate of drug-likeness (QED) is 0.861. The second kappa shape index (κ2) is 6.12. The van der Waals surface area contributed by atoms with Crippen LogP contribution in [0.25, 0.3) is 10.6 Å². The lowest BCUT2D eigenvalue weighted by atomic mass is 9.94. The summed E-state index contributed by atoms with van der Waals surface area (Å²) in [6, 6.07) is 5.46. The number of benzene rings is 1. The van der Waals surface area contributed by atoms with Crippen LogP contribution in [0.5, 0.6) is 11.5 Å². The molecular formula is C16H16N2O5S. The standard InChI is InChI=1S/C16H16N2O5S/c1-16(2,15(20)21)7-17-13(19)10-6-24-14(18-10)9-3-4-11-12(5-9)23-8-22-11/h3-6H,7-8H2,1-2H3,(H,17,19)(H,20,21). The Balaban J connectivity index is 1.71. The number of rotatable bonds is 5. The number of amides is 1. The van der Waals surface area contributed by atoms with Crippen molar-refractivity contribution in [2.75, 3.05) is 13.3 Å². The lowest BCUT2D eigenvalue weighted by Crippen LogP contribution is -2.39. The van der Waals surface area contributed by atoms with E-state index in [1.807, 2.05) is 12.1 Å². The second-order valence-electron chi connectivity index (χ2n) is 5.98. The average molecular weight is 348 g/mol. The van der Waals surface area contributed by atoms with Gasteiger partial charge in [0, 0.05) is 17.5 Å². The van der Waals surface area contributed by atoms with E-state index in [1.165, 1.54) is 11.3 Å². The lowest BCUT2D eigenvalue weighted by molar-refractivity contribution is -0.146. The molecule has 2 heterocycles. The molecule has 7 nitrogen and oxygen atoms in total. The SMILES string of the molecule is CC(C)(CNC(=O)c1csc(-c2ccc3c(c2)OCO3)n1)C(=O)O. The fourth-order valence-electron chi connectivity index (χ4n) is 2.01. The van der Waals surface area contributed by atoms with Gasteiger partial charge in [-0.2, -0.15) is 0 Å². The number of nitrogens with one attached hydrogen (secondary N) is 1. The number of carboxylic acids is 1. The molecule has 0 saturated heterocycles. The van der Waals surface area contributed by atoms with Crippen LogP contribution >= 0.6 is 11.3 Å². The van der Waals surface area contributed by atoms with E-state index in [1.54, 1.807) is 25.3 Å². The van der Waals surface area contributed by atoms with E-state index >= 15 is 0 Å². The molecule has 1 aromatic heterocycles. The number of hydrogen-bond acceptors (Lipinski definition) is 6. The molecule has 0 bridgehead atoms. The molecule has 0 saturated carbocycles. The first-order chi connectivity index (χ1) is 11.4. The second-order valence-corrected chi connectivity index (χ2v) is 6.84. The minimum absolute atomic E-state index is 0.0258. The Morgan fingerprint density at radius 3 is 2.83 bits per heavy atom. The molecule has 0 aliphatic carbocycles. The fraction of sp³-hybridized carbons (Fsp3) is 0.312. The fourth-order valence-corrected chi connectivity index (χ4v) is 2.80. The normalized spacial score (nSPS) is 12.9. The zero-order chi connectivity index (χ0) is 17.3. The number of aliphatic carboxylic acids is 1. The molecule has 1 aromatic carbocycles. The largest absolute Gasteiger partial charge is 0.481 e. The highest BCUT2D eigenvalue weighted by Gasteiger charge is 2.28.